The van der Waals surface area contributed by atoms with Crippen LogP contribution in [0.25, 0.3) is 0 Å². The summed E-state index contributed by atoms with van der Waals surface area (Å²) >= 11 is 0. The van der Waals surface area contributed by atoms with Crippen LogP contribution in [0, 0.1) is 11.8 Å². The predicted molar refractivity (Wildman–Crippen MR) is 75.7 cm³/mol. The number of nitrogens with two attached hydrogens (primary N) is 1. The molecule has 2 atom stereocenters. The Kier molecular flexibility index (Phi) is 4.51. The fourth-order valence-electron chi connectivity index (χ4n) is 2.79. The van der Waals surface area contributed by atoms with Gasteiger partial charge in [-0.1, -0.05) is 13.8 Å². The molecule has 2 saturated carbocycles. The van der Waals surface area contributed by atoms with Crippen molar-refractivity contribution >= 4 is 5.91 Å². The van der Waals surface area contributed by atoms with Crippen molar-refractivity contribution in [2.24, 2.45) is 17.6 Å². The Balaban J connectivity index is 1.94. The van der Waals surface area contributed by atoms with Crippen LogP contribution >= 0.6 is 0 Å². The molecule has 1 amide bonds. The minimum atomic E-state index is -0.619. The maximum absolute atomic E-state index is 12.0. The largest absolute Gasteiger partial charge is 0.376 e. The molecule has 2 aliphatic rings. The van der Waals surface area contributed by atoms with E-state index in [0.717, 1.165) is 32.1 Å². The van der Waals surface area contributed by atoms with E-state index in [-0.39, 0.29) is 12.0 Å². The van der Waals surface area contributed by atoms with Crippen LogP contribution in [-0.2, 0) is 9.53 Å². The minimum Gasteiger partial charge on any atom is -0.376 e. The van der Waals surface area contributed by atoms with E-state index in [1.54, 1.807) is 0 Å². The summed E-state index contributed by atoms with van der Waals surface area (Å²) in [5.41, 5.74) is 5.08. The number of rotatable bonds is 9. The molecule has 2 unspecified atom stereocenters. The third kappa shape index (κ3) is 3.93. The SMILES string of the molecule is CC(C)CC(C)OCC(NC1CC1)(C(N)=O)C1CC1. The van der Waals surface area contributed by atoms with Crippen molar-refractivity contribution in [3.8, 4) is 0 Å². The van der Waals surface area contributed by atoms with Crippen LogP contribution in [0.15, 0.2) is 0 Å². The fourth-order valence-corrected chi connectivity index (χ4v) is 2.79. The number of nitrogens with one attached hydrogen (secondary N) is 1. The fraction of sp³-hybridized carbons (Fsp3) is 0.933. The van der Waals surface area contributed by atoms with E-state index in [2.05, 4.69) is 26.1 Å². The lowest BCUT2D eigenvalue weighted by molar-refractivity contribution is -0.129. The topological polar surface area (TPSA) is 64.3 Å². The van der Waals surface area contributed by atoms with E-state index in [1.165, 1.54) is 0 Å². The molecule has 0 spiro atoms. The molecule has 110 valence electrons. The molecule has 3 N–H and O–H groups in total. The summed E-state index contributed by atoms with van der Waals surface area (Å²) in [6.07, 6.45) is 5.68. The van der Waals surface area contributed by atoms with Gasteiger partial charge in [0.15, 0.2) is 0 Å². The molecule has 0 aromatic heterocycles. The molecule has 2 aliphatic carbocycles. The Bertz CT molecular complexity index is 324. The van der Waals surface area contributed by atoms with Crippen LogP contribution in [-0.4, -0.2) is 30.2 Å². The molecule has 4 heteroatoms. The first-order valence-electron chi connectivity index (χ1n) is 7.63. The van der Waals surface area contributed by atoms with Gasteiger partial charge >= 0.3 is 0 Å². The van der Waals surface area contributed by atoms with Crippen LogP contribution in [0.3, 0.4) is 0 Å². The van der Waals surface area contributed by atoms with E-state index in [9.17, 15) is 4.79 Å². The first-order valence-corrected chi connectivity index (χ1v) is 7.63. The molecule has 19 heavy (non-hydrogen) atoms. The van der Waals surface area contributed by atoms with Crippen molar-refractivity contribution in [3.63, 3.8) is 0 Å². The van der Waals surface area contributed by atoms with Crippen LogP contribution in [0.1, 0.15) is 52.9 Å². The van der Waals surface area contributed by atoms with E-state index in [0.29, 0.717) is 24.5 Å². The smallest absolute Gasteiger partial charge is 0.240 e. The zero-order valence-electron chi connectivity index (χ0n) is 12.4. The highest BCUT2D eigenvalue weighted by molar-refractivity contribution is 5.86. The lowest BCUT2D eigenvalue weighted by Gasteiger charge is -2.33. The van der Waals surface area contributed by atoms with E-state index in [1.807, 2.05) is 0 Å². The first kappa shape index (κ1) is 14.8. The van der Waals surface area contributed by atoms with Crippen molar-refractivity contribution in [1.82, 2.24) is 5.32 Å². The van der Waals surface area contributed by atoms with Gasteiger partial charge in [-0.15, -0.1) is 0 Å². The van der Waals surface area contributed by atoms with Crippen molar-refractivity contribution in [2.75, 3.05) is 6.61 Å². The second-order valence-electron chi connectivity index (χ2n) is 6.78. The van der Waals surface area contributed by atoms with Gasteiger partial charge < -0.3 is 10.5 Å². The maximum Gasteiger partial charge on any atom is 0.240 e. The molecule has 0 bridgehead atoms. The molecule has 0 radical (unpaired) electrons. The van der Waals surface area contributed by atoms with Crippen LogP contribution in [0.2, 0.25) is 0 Å². The molecule has 0 aromatic rings. The summed E-state index contributed by atoms with van der Waals surface area (Å²) in [6.45, 7) is 6.88. The second kappa shape index (κ2) is 5.80. The molecular weight excluding hydrogens is 240 g/mol. The molecular formula is C15H28N2O2. The Morgan fingerprint density at radius 2 is 1.95 bits per heavy atom. The number of carbonyl (C=O) groups excluding carboxylic acids is 1. The van der Waals surface area contributed by atoms with Gasteiger partial charge in [-0.2, -0.15) is 0 Å². The molecule has 0 heterocycles. The van der Waals surface area contributed by atoms with Crippen molar-refractivity contribution in [2.45, 2.75) is 70.6 Å². The lowest BCUT2D eigenvalue weighted by atomic mass is 9.92. The number of primary amides is 1. The Morgan fingerprint density at radius 3 is 2.37 bits per heavy atom. The average molecular weight is 268 g/mol. The second-order valence-corrected chi connectivity index (χ2v) is 6.78. The summed E-state index contributed by atoms with van der Waals surface area (Å²) in [5.74, 6) is 0.741. The highest BCUT2D eigenvalue weighted by atomic mass is 16.5. The standard InChI is InChI=1S/C15H28N2O2/c1-10(2)8-11(3)19-9-15(14(16)18,12-4-5-12)17-13-6-7-13/h10-13,17H,4-9H2,1-3H3,(H2,16,18). The maximum atomic E-state index is 12.0. The van der Waals surface area contributed by atoms with E-state index >= 15 is 0 Å². The average Bonchev–Trinajstić information content (AvgIpc) is 3.13. The Morgan fingerprint density at radius 1 is 1.32 bits per heavy atom. The van der Waals surface area contributed by atoms with Crippen molar-refractivity contribution in [1.29, 1.82) is 0 Å². The van der Waals surface area contributed by atoms with Crippen LogP contribution < -0.4 is 11.1 Å². The normalized spacial score (nSPS) is 24.2. The number of amides is 1. The third-order valence-electron chi connectivity index (χ3n) is 4.15. The number of carbonyl (C=O) groups is 1. The van der Waals surface area contributed by atoms with Gasteiger partial charge in [0.2, 0.25) is 5.91 Å². The molecule has 2 fully saturated rings. The van der Waals surface area contributed by atoms with Gasteiger partial charge in [-0.3, -0.25) is 10.1 Å². The van der Waals surface area contributed by atoms with Crippen LogP contribution in [0.5, 0.6) is 0 Å². The van der Waals surface area contributed by atoms with Crippen molar-refractivity contribution in [3.05, 3.63) is 0 Å². The van der Waals surface area contributed by atoms with Gasteiger partial charge in [0.05, 0.1) is 12.7 Å². The summed E-state index contributed by atoms with van der Waals surface area (Å²) in [4.78, 5) is 12.0. The highest BCUT2D eigenvalue weighted by Crippen LogP contribution is 2.42. The summed E-state index contributed by atoms with van der Waals surface area (Å²) in [5, 5.41) is 3.47. The van der Waals surface area contributed by atoms with Gasteiger partial charge in [0.25, 0.3) is 0 Å². The minimum absolute atomic E-state index is 0.179. The zero-order chi connectivity index (χ0) is 14.0. The lowest BCUT2D eigenvalue weighted by Crippen LogP contribution is -2.61. The first-order chi connectivity index (χ1) is 8.94. The highest BCUT2D eigenvalue weighted by Gasteiger charge is 2.52. The summed E-state index contributed by atoms with van der Waals surface area (Å²) in [6, 6.07) is 0.470. The molecule has 0 aromatic carbocycles. The zero-order valence-corrected chi connectivity index (χ0v) is 12.4. The number of hydrogen-bond acceptors (Lipinski definition) is 3. The number of ether oxygens (including phenoxy) is 1. The Hall–Kier alpha value is -0.610. The molecule has 0 aliphatic heterocycles. The van der Waals surface area contributed by atoms with Crippen LogP contribution in [0.4, 0.5) is 0 Å². The molecule has 4 nitrogen and oxygen atoms in total. The van der Waals surface area contributed by atoms with Gasteiger partial charge in [-0.05, 0) is 50.9 Å². The molecule has 0 saturated heterocycles. The summed E-state index contributed by atoms with van der Waals surface area (Å²) in [7, 11) is 0. The van der Waals surface area contributed by atoms with E-state index in [4.69, 9.17) is 10.5 Å². The predicted octanol–water partition coefficient (Wildman–Crippen LogP) is 1.82. The molecule has 2 rings (SSSR count). The monoisotopic (exact) mass is 268 g/mol. The number of hydrogen-bond donors (Lipinski definition) is 2. The van der Waals surface area contributed by atoms with E-state index < -0.39 is 5.54 Å². The third-order valence-corrected chi connectivity index (χ3v) is 4.15. The van der Waals surface area contributed by atoms with Gasteiger partial charge in [0.1, 0.15) is 5.54 Å². The summed E-state index contributed by atoms with van der Waals surface area (Å²) < 4.78 is 5.95. The van der Waals surface area contributed by atoms with Gasteiger partial charge in [0, 0.05) is 6.04 Å². The van der Waals surface area contributed by atoms with Gasteiger partial charge in [-0.25, -0.2) is 0 Å². The Labute approximate surface area is 116 Å². The quantitative estimate of drug-likeness (QED) is 0.670. The van der Waals surface area contributed by atoms with Crippen molar-refractivity contribution < 1.29 is 9.53 Å².